The number of aromatic nitrogens is 1. The number of H-pyrrole nitrogens is 1. The van der Waals surface area contributed by atoms with Crippen LogP contribution in [-0.4, -0.2) is 16.1 Å². The Balaban J connectivity index is 1.96. The lowest BCUT2D eigenvalue weighted by Crippen LogP contribution is -2.04. The summed E-state index contributed by atoms with van der Waals surface area (Å²) in [6.07, 6.45) is -2.69. The van der Waals surface area contributed by atoms with E-state index in [1.807, 2.05) is 0 Å². The Kier molecular flexibility index (Phi) is 4.22. The van der Waals surface area contributed by atoms with Crippen LogP contribution in [0.2, 0.25) is 0 Å². The molecular formula is C18H13F3N2O2. The Morgan fingerprint density at radius 1 is 1.04 bits per heavy atom. The zero-order valence-electron chi connectivity index (χ0n) is 12.8. The van der Waals surface area contributed by atoms with Crippen LogP contribution >= 0.6 is 0 Å². The van der Waals surface area contributed by atoms with Crippen molar-refractivity contribution >= 4 is 17.3 Å². The number of carbonyl (C=O) groups is 1. The molecule has 1 heterocycles. The van der Waals surface area contributed by atoms with Crippen LogP contribution in [0.15, 0.2) is 60.8 Å². The summed E-state index contributed by atoms with van der Waals surface area (Å²) in [7, 11) is 0. The lowest BCUT2D eigenvalue weighted by molar-refractivity contribution is -0.137. The van der Waals surface area contributed by atoms with Crippen molar-refractivity contribution in [2.45, 2.75) is 6.18 Å². The van der Waals surface area contributed by atoms with Gasteiger partial charge in [0.15, 0.2) is 0 Å². The molecule has 3 N–H and O–H groups in total. The van der Waals surface area contributed by atoms with Crippen molar-refractivity contribution in [2.75, 3.05) is 5.32 Å². The molecule has 3 aromatic rings. The molecule has 7 heteroatoms. The van der Waals surface area contributed by atoms with Crippen LogP contribution in [0.25, 0.3) is 11.3 Å². The molecule has 0 aliphatic rings. The molecule has 128 valence electrons. The minimum absolute atomic E-state index is 0.113. The van der Waals surface area contributed by atoms with Crippen molar-refractivity contribution in [1.29, 1.82) is 0 Å². The van der Waals surface area contributed by atoms with E-state index in [0.717, 1.165) is 12.1 Å². The van der Waals surface area contributed by atoms with Crippen LogP contribution in [0.5, 0.6) is 0 Å². The number of aromatic carboxylic acids is 1. The van der Waals surface area contributed by atoms with Crippen molar-refractivity contribution in [2.24, 2.45) is 0 Å². The molecule has 3 rings (SSSR count). The van der Waals surface area contributed by atoms with Crippen molar-refractivity contribution in [3.8, 4) is 11.3 Å². The molecule has 0 aliphatic carbocycles. The Hall–Kier alpha value is -3.22. The molecule has 0 amide bonds. The average molecular weight is 346 g/mol. The number of aromatic amines is 1. The maximum absolute atomic E-state index is 12.6. The van der Waals surface area contributed by atoms with Crippen molar-refractivity contribution < 1.29 is 23.1 Å². The molecule has 0 saturated heterocycles. The minimum Gasteiger partial charge on any atom is -0.478 e. The van der Waals surface area contributed by atoms with Gasteiger partial charge in [0.2, 0.25) is 0 Å². The summed E-state index contributed by atoms with van der Waals surface area (Å²) >= 11 is 0. The summed E-state index contributed by atoms with van der Waals surface area (Å²) in [6, 6.07) is 12.7. The molecular weight excluding hydrogens is 333 g/mol. The molecule has 0 saturated carbocycles. The fourth-order valence-electron chi connectivity index (χ4n) is 2.41. The van der Waals surface area contributed by atoms with E-state index in [1.165, 1.54) is 24.3 Å². The lowest BCUT2D eigenvalue weighted by Gasteiger charge is -2.13. The molecule has 4 nitrogen and oxygen atoms in total. The van der Waals surface area contributed by atoms with Gasteiger partial charge in [0.25, 0.3) is 0 Å². The van der Waals surface area contributed by atoms with Gasteiger partial charge in [-0.15, -0.1) is 0 Å². The van der Waals surface area contributed by atoms with E-state index in [9.17, 15) is 18.0 Å². The number of rotatable bonds is 4. The zero-order valence-corrected chi connectivity index (χ0v) is 12.8. The molecule has 0 bridgehead atoms. The third-order valence-electron chi connectivity index (χ3n) is 3.65. The first kappa shape index (κ1) is 16.6. The van der Waals surface area contributed by atoms with Crippen molar-refractivity contribution in [3.63, 3.8) is 0 Å². The molecule has 0 fully saturated rings. The number of anilines is 2. The SMILES string of the molecule is O=C(O)c1ccc(Nc2ccc(C(F)(F)F)cc2)c(-c2ccc[nH]2)c1. The van der Waals surface area contributed by atoms with Gasteiger partial charge in [-0.1, -0.05) is 0 Å². The molecule has 25 heavy (non-hydrogen) atoms. The van der Waals surface area contributed by atoms with E-state index in [1.54, 1.807) is 24.4 Å². The van der Waals surface area contributed by atoms with Gasteiger partial charge in [-0.05, 0) is 54.6 Å². The summed E-state index contributed by atoms with van der Waals surface area (Å²) in [5.74, 6) is -1.06. The third kappa shape index (κ3) is 3.65. The van der Waals surface area contributed by atoms with Gasteiger partial charge >= 0.3 is 12.1 Å². The number of carboxylic acids is 1. The van der Waals surface area contributed by atoms with E-state index < -0.39 is 17.7 Å². The van der Waals surface area contributed by atoms with Gasteiger partial charge in [-0.3, -0.25) is 0 Å². The van der Waals surface area contributed by atoms with Gasteiger partial charge in [0, 0.05) is 28.8 Å². The smallest absolute Gasteiger partial charge is 0.416 e. The van der Waals surface area contributed by atoms with Gasteiger partial charge in [-0.2, -0.15) is 13.2 Å². The van der Waals surface area contributed by atoms with Crippen LogP contribution < -0.4 is 5.32 Å². The van der Waals surface area contributed by atoms with Crippen LogP contribution in [0.1, 0.15) is 15.9 Å². The first-order chi connectivity index (χ1) is 11.8. The third-order valence-corrected chi connectivity index (χ3v) is 3.65. The predicted molar refractivity (Wildman–Crippen MR) is 87.9 cm³/mol. The normalized spacial score (nSPS) is 11.3. The second kappa shape index (κ2) is 6.35. The monoisotopic (exact) mass is 346 g/mol. The molecule has 2 aromatic carbocycles. The molecule has 0 aliphatic heterocycles. The number of alkyl halides is 3. The Labute approximate surface area is 140 Å². The second-order valence-electron chi connectivity index (χ2n) is 5.35. The molecule has 0 radical (unpaired) electrons. The standard InChI is InChI=1S/C18H13F3N2O2/c19-18(20,21)12-4-6-13(7-5-12)23-16-8-3-11(17(24)25)10-14(16)15-2-1-9-22-15/h1-10,22-23H,(H,24,25). The number of hydrogen-bond donors (Lipinski definition) is 3. The largest absolute Gasteiger partial charge is 0.478 e. The zero-order chi connectivity index (χ0) is 18.0. The van der Waals surface area contributed by atoms with Gasteiger partial charge < -0.3 is 15.4 Å². The number of carboxylic acid groups (broad SMARTS) is 1. The van der Waals surface area contributed by atoms with Gasteiger partial charge in [0.05, 0.1) is 11.1 Å². The summed E-state index contributed by atoms with van der Waals surface area (Å²) in [4.78, 5) is 14.2. The second-order valence-corrected chi connectivity index (χ2v) is 5.35. The van der Waals surface area contributed by atoms with Crippen LogP contribution in [0.4, 0.5) is 24.5 Å². The highest BCUT2D eigenvalue weighted by molar-refractivity contribution is 5.92. The number of nitrogens with one attached hydrogen (secondary N) is 2. The minimum atomic E-state index is -4.39. The first-order valence-electron chi connectivity index (χ1n) is 7.30. The van der Waals surface area contributed by atoms with Crippen LogP contribution in [-0.2, 0) is 6.18 Å². The van der Waals surface area contributed by atoms with Gasteiger partial charge in [-0.25, -0.2) is 4.79 Å². The van der Waals surface area contributed by atoms with Crippen molar-refractivity contribution in [1.82, 2.24) is 4.98 Å². The molecule has 0 spiro atoms. The van der Waals surface area contributed by atoms with Crippen molar-refractivity contribution in [3.05, 3.63) is 71.9 Å². The van der Waals surface area contributed by atoms with E-state index in [0.29, 0.717) is 22.6 Å². The van der Waals surface area contributed by atoms with E-state index >= 15 is 0 Å². The molecule has 0 atom stereocenters. The Bertz CT molecular complexity index is 886. The highest BCUT2D eigenvalue weighted by atomic mass is 19.4. The Morgan fingerprint density at radius 3 is 2.32 bits per heavy atom. The highest BCUT2D eigenvalue weighted by Crippen LogP contribution is 2.33. The number of benzene rings is 2. The average Bonchev–Trinajstić information content (AvgIpc) is 3.09. The maximum atomic E-state index is 12.6. The fourth-order valence-corrected chi connectivity index (χ4v) is 2.41. The lowest BCUT2D eigenvalue weighted by atomic mass is 10.1. The van der Waals surface area contributed by atoms with E-state index in [-0.39, 0.29) is 5.56 Å². The van der Waals surface area contributed by atoms with Crippen LogP contribution in [0.3, 0.4) is 0 Å². The predicted octanol–water partition coefficient (Wildman–Crippen LogP) is 5.14. The van der Waals surface area contributed by atoms with Gasteiger partial charge in [0.1, 0.15) is 0 Å². The van der Waals surface area contributed by atoms with Crippen LogP contribution in [0, 0.1) is 0 Å². The first-order valence-corrected chi connectivity index (χ1v) is 7.30. The summed E-state index contributed by atoms with van der Waals surface area (Å²) in [6.45, 7) is 0. The maximum Gasteiger partial charge on any atom is 0.416 e. The topological polar surface area (TPSA) is 65.1 Å². The number of halogens is 3. The van der Waals surface area contributed by atoms with E-state index in [2.05, 4.69) is 10.3 Å². The summed E-state index contributed by atoms with van der Waals surface area (Å²) in [5, 5.41) is 12.2. The summed E-state index contributed by atoms with van der Waals surface area (Å²) < 4.78 is 37.9. The summed E-state index contributed by atoms with van der Waals surface area (Å²) in [5.41, 5.74) is 1.71. The highest BCUT2D eigenvalue weighted by Gasteiger charge is 2.29. The quantitative estimate of drug-likeness (QED) is 0.613. The van der Waals surface area contributed by atoms with E-state index in [4.69, 9.17) is 5.11 Å². The number of hydrogen-bond acceptors (Lipinski definition) is 2. The fraction of sp³-hybridized carbons (Fsp3) is 0.0556. The molecule has 0 unspecified atom stereocenters. The molecule has 1 aromatic heterocycles. The Morgan fingerprint density at radius 2 is 1.76 bits per heavy atom.